The fourth-order valence-electron chi connectivity index (χ4n) is 2.60. The molecule has 174 valence electrons. The van der Waals surface area contributed by atoms with Gasteiger partial charge in [-0.3, -0.25) is 9.59 Å². The third kappa shape index (κ3) is 5.13. The fraction of sp³-hybridized carbons (Fsp3) is 0. The maximum Gasteiger partial charge on any atom is 0.271 e. The molecule has 0 heterocycles. The van der Waals surface area contributed by atoms with Crippen molar-refractivity contribution < 1.29 is 40.2 Å². The molecule has 0 saturated heterocycles. The Morgan fingerprint density at radius 1 is 0.559 bits per heavy atom. The van der Waals surface area contributed by atoms with Crippen LogP contribution in [0.2, 0.25) is 0 Å². The van der Waals surface area contributed by atoms with Crippen LogP contribution < -0.4 is 10.9 Å². The number of nitrogens with zero attached hydrogens (tertiary/aromatic N) is 2. The lowest BCUT2D eigenvalue weighted by Gasteiger charge is -2.05. The number of carbonyl (C=O) groups excluding carboxylic acids is 2. The molecule has 0 radical (unpaired) electrons. The van der Waals surface area contributed by atoms with Crippen molar-refractivity contribution in [3.8, 4) is 34.5 Å². The average molecular weight is 466 g/mol. The molecular weight excluding hydrogens is 448 g/mol. The van der Waals surface area contributed by atoms with Gasteiger partial charge in [0.2, 0.25) is 11.5 Å². The van der Waals surface area contributed by atoms with Gasteiger partial charge in [0, 0.05) is 22.3 Å². The van der Waals surface area contributed by atoms with E-state index in [4.69, 9.17) is 0 Å². The molecule has 12 heteroatoms. The number of phenols is 6. The predicted octanol–water partition coefficient (Wildman–Crippen LogP) is 1.45. The highest BCUT2D eigenvalue weighted by Crippen LogP contribution is 2.36. The molecule has 2 amide bonds. The second kappa shape index (κ2) is 9.91. The highest BCUT2D eigenvalue weighted by molar-refractivity contribution is 5.98. The normalized spacial score (nSPS) is 11.1. The molecule has 0 unspecified atom stereocenters. The predicted molar refractivity (Wildman–Crippen MR) is 119 cm³/mol. The topological polar surface area (TPSA) is 204 Å². The summed E-state index contributed by atoms with van der Waals surface area (Å²) in [7, 11) is 0. The summed E-state index contributed by atoms with van der Waals surface area (Å²) in [5, 5.41) is 64.3. The molecule has 0 fully saturated rings. The van der Waals surface area contributed by atoms with Gasteiger partial charge in [-0.1, -0.05) is 0 Å². The number of rotatable bonds is 6. The first-order chi connectivity index (χ1) is 16.2. The highest BCUT2D eigenvalue weighted by Gasteiger charge is 2.12. The molecule has 34 heavy (non-hydrogen) atoms. The van der Waals surface area contributed by atoms with Crippen LogP contribution >= 0.6 is 0 Å². The van der Waals surface area contributed by atoms with Gasteiger partial charge >= 0.3 is 0 Å². The summed E-state index contributed by atoms with van der Waals surface area (Å²) in [6, 6.07) is 10.3. The SMILES string of the molecule is O=C(N/N=C/c1ccc(O)c(O)c1O)c1ccc(C(=O)N/N=C/c2ccc(O)c(O)c2O)cc1. The van der Waals surface area contributed by atoms with Crippen LogP contribution in [0.5, 0.6) is 34.5 Å². The number of nitrogens with one attached hydrogen (secondary N) is 2. The van der Waals surface area contributed by atoms with Crippen molar-refractivity contribution >= 4 is 24.2 Å². The number of phenolic OH excluding ortho intramolecular Hbond substituents is 6. The molecule has 3 aromatic carbocycles. The van der Waals surface area contributed by atoms with Gasteiger partial charge in [0.05, 0.1) is 12.4 Å². The minimum atomic E-state index is -0.716. The zero-order valence-corrected chi connectivity index (χ0v) is 17.2. The Kier molecular flexibility index (Phi) is 6.82. The van der Waals surface area contributed by atoms with Gasteiger partial charge in [-0.15, -0.1) is 0 Å². The first kappa shape index (κ1) is 23.4. The van der Waals surface area contributed by atoms with E-state index in [0.717, 1.165) is 24.6 Å². The van der Waals surface area contributed by atoms with Gasteiger partial charge in [-0.2, -0.15) is 10.2 Å². The van der Waals surface area contributed by atoms with E-state index in [1.807, 2.05) is 0 Å². The van der Waals surface area contributed by atoms with Crippen LogP contribution in [0.3, 0.4) is 0 Å². The Bertz CT molecular complexity index is 1200. The summed E-state index contributed by atoms with van der Waals surface area (Å²) < 4.78 is 0. The number of carbonyl (C=O) groups is 2. The van der Waals surface area contributed by atoms with Crippen LogP contribution in [0, 0.1) is 0 Å². The number of aromatic hydroxyl groups is 6. The first-order valence-electron chi connectivity index (χ1n) is 9.43. The van der Waals surface area contributed by atoms with Crippen LogP contribution in [0.25, 0.3) is 0 Å². The Morgan fingerprint density at radius 3 is 1.26 bits per heavy atom. The lowest BCUT2D eigenvalue weighted by atomic mass is 10.1. The van der Waals surface area contributed by atoms with E-state index in [0.29, 0.717) is 0 Å². The number of hydrazone groups is 2. The Balaban J connectivity index is 1.59. The Labute approximate surface area is 191 Å². The van der Waals surface area contributed by atoms with Crippen molar-refractivity contribution in [1.29, 1.82) is 0 Å². The summed E-state index contributed by atoms with van der Waals surface area (Å²) in [6.07, 6.45) is 2.13. The van der Waals surface area contributed by atoms with Crippen LogP contribution in [-0.2, 0) is 0 Å². The number of hydrogen-bond acceptors (Lipinski definition) is 10. The molecule has 0 aliphatic rings. The lowest BCUT2D eigenvalue weighted by molar-refractivity contribution is 0.0943. The van der Waals surface area contributed by atoms with Crippen molar-refractivity contribution in [1.82, 2.24) is 10.9 Å². The zero-order valence-electron chi connectivity index (χ0n) is 17.2. The maximum absolute atomic E-state index is 12.2. The molecule has 0 spiro atoms. The summed E-state index contributed by atoms with van der Waals surface area (Å²) in [5.41, 5.74) is 4.87. The molecule has 0 saturated carbocycles. The second-order valence-electron chi connectivity index (χ2n) is 6.72. The minimum absolute atomic E-state index is 0.0546. The molecule has 8 N–H and O–H groups in total. The molecule has 0 aliphatic carbocycles. The summed E-state index contributed by atoms with van der Waals surface area (Å²) in [5.74, 6) is -4.89. The van der Waals surface area contributed by atoms with E-state index >= 15 is 0 Å². The molecule has 3 rings (SSSR count). The van der Waals surface area contributed by atoms with Gasteiger partial charge in [-0.25, -0.2) is 10.9 Å². The zero-order chi connectivity index (χ0) is 24.8. The van der Waals surface area contributed by atoms with E-state index in [1.54, 1.807) is 0 Å². The minimum Gasteiger partial charge on any atom is -0.504 e. The van der Waals surface area contributed by atoms with E-state index < -0.39 is 46.3 Å². The molecule has 12 nitrogen and oxygen atoms in total. The van der Waals surface area contributed by atoms with Gasteiger partial charge in [0.15, 0.2) is 23.0 Å². The van der Waals surface area contributed by atoms with Gasteiger partial charge in [0.1, 0.15) is 0 Å². The van der Waals surface area contributed by atoms with E-state index in [-0.39, 0.29) is 22.3 Å². The van der Waals surface area contributed by atoms with Gasteiger partial charge in [-0.05, 0) is 48.5 Å². The molecule has 3 aromatic rings. The summed E-state index contributed by atoms with van der Waals surface area (Å²) in [6.45, 7) is 0. The Morgan fingerprint density at radius 2 is 0.912 bits per heavy atom. The van der Waals surface area contributed by atoms with Crippen molar-refractivity contribution in [2.45, 2.75) is 0 Å². The van der Waals surface area contributed by atoms with Crippen molar-refractivity contribution in [3.63, 3.8) is 0 Å². The van der Waals surface area contributed by atoms with Crippen molar-refractivity contribution in [2.24, 2.45) is 10.2 Å². The fourth-order valence-corrected chi connectivity index (χ4v) is 2.60. The number of hydrogen-bond donors (Lipinski definition) is 8. The largest absolute Gasteiger partial charge is 0.504 e. The molecule has 0 aliphatic heterocycles. The monoisotopic (exact) mass is 466 g/mol. The quantitative estimate of drug-likeness (QED) is 0.151. The van der Waals surface area contributed by atoms with Crippen LogP contribution in [0.15, 0.2) is 58.7 Å². The smallest absolute Gasteiger partial charge is 0.271 e. The van der Waals surface area contributed by atoms with Crippen LogP contribution in [0.4, 0.5) is 0 Å². The lowest BCUT2D eigenvalue weighted by Crippen LogP contribution is -2.19. The Hall–Kier alpha value is -5.26. The van der Waals surface area contributed by atoms with Gasteiger partial charge in [0.25, 0.3) is 11.8 Å². The van der Waals surface area contributed by atoms with Crippen LogP contribution in [-0.4, -0.2) is 54.9 Å². The molecule has 0 aromatic heterocycles. The summed E-state index contributed by atoms with van der Waals surface area (Å²) >= 11 is 0. The third-order valence-corrected chi connectivity index (χ3v) is 4.47. The maximum atomic E-state index is 12.2. The molecule has 0 bridgehead atoms. The van der Waals surface area contributed by atoms with E-state index in [9.17, 15) is 40.2 Å². The third-order valence-electron chi connectivity index (χ3n) is 4.47. The average Bonchev–Trinajstić information content (AvgIpc) is 2.84. The highest BCUT2D eigenvalue weighted by atomic mass is 16.3. The molecule has 0 atom stereocenters. The van der Waals surface area contributed by atoms with Crippen LogP contribution in [0.1, 0.15) is 31.8 Å². The molecular formula is C22H18N4O8. The number of amides is 2. The van der Waals surface area contributed by atoms with E-state index in [2.05, 4.69) is 21.1 Å². The van der Waals surface area contributed by atoms with Crippen molar-refractivity contribution in [2.75, 3.05) is 0 Å². The number of benzene rings is 3. The second-order valence-corrected chi connectivity index (χ2v) is 6.72. The summed E-state index contributed by atoms with van der Waals surface area (Å²) in [4.78, 5) is 24.3. The van der Waals surface area contributed by atoms with Gasteiger partial charge < -0.3 is 30.6 Å². The van der Waals surface area contributed by atoms with E-state index in [1.165, 1.54) is 36.4 Å². The first-order valence-corrected chi connectivity index (χ1v) is 9.43. The standard InChI is InChI=1S/C22H18N4O8/c27-15-7-5-13(17(29)19(15)31)9-23-25-21(33)11-1-2-12(4-3-11)22(34)26-24-10-14-6-8-16(28)20(32)18(14)30/h1-10,27-32H,(H,25,33)(H,26,34)/b23-9+,24-10+. The van der Waals surface area contributed by atoms with Crippen molar-refractivity contribution in [3.05, 3.63) is 70.8 Å².